The van der Waals surface area contributed by atoms with Crippen molar-refractivity contribution in [3.63, 3.8) is 0 Å². The molecule has 0 aliphatic carbocycles. The lowest BCUT2D eigenvalue weighted by Crippen LogP contribution is -2.10. The van der Waals surface area contributed by atoms with E-state index in [1.165, 1.54) is 37.5 Å². The molecular formula is C18H16N2O5. The van der Waals surface area contributed by atoms with Crippen molar-refractivity contribution in [2.45, 2.75) is 6.92 Å². The molecule has 0 fully saturated rings. The summed E-state index contributed by atoms with van der Waals surface area (Å²) >= 11 is 0. The van der Waals surface area contributed by atoms with E-state index in [1.807, 2.05) is 0 Å². The lowest BCUT2D eigenvalue weighted by atomic mass is 10.1. The largest absolute Gasteiger partial charge is 0.465 e. The number of ether oxygens (including phenoxy) is 1. The van der Waals surface area contributed by atoms with Crippen molar-refractivity contribution in [1.29, 1.82) is 0 Å². The standard InChI is InChI=1S/C18H16N2O5/c1-12-6-8-14(18(22)25-2)11-16(12)19-17(21)9-7-13-4-3-5-15(10-13)20(23)24/h3-11H,1-2H3,(H,19,21)/b9-7+. The fourth-order valence-corrected chi connectivity index (χ4v) is 2.09. The zero-order chi connectivity index (χ0) is 18.4. The van der Waals surface area contributed by atoms with E-state index < -0.39 is 16.8 Å². The highest BCUT2D eigenvalue weighted by atomic mass is 16.6. The first-order chi connectivity index (χ1) is 11.9. The number of esters is 1. The summed E-state index contributed by atoms with van der Waals surface area (Å²) in [5.41, 5.74) is 2.07. The number of aryl methyl sites for hydroxylation is 1. The Morgan fingerprint density at radius 2 is 1.96 bits per heavy atom. The third kappa shape index (κ3) is 4.74. The maximum absolute atomic E-state index is 12.1. The number of hydrogen-bond donors (Lipinski definition) is 1. The molecule has 1 amide bonds. The summed E-state index contributed by atoms with van der Waals surface area (Å²) in [7, 11) is 1.28. The predicted octanol–water partition coefficient (Wildman–Crippen LogP) is 3.34. The normalized spacial score (nSPS) is 10.5. The maximum atomic E-state index is 12.1. The van der Waals surface area contributed by atoms with Crippen molar-refractivity contribution in [3.05, 3.63) is 75.3 Å². The third-order valence-electron chi connectivity index (χ3n) is 3.42. The fourth-order valence-electron chi connectivity index (χ4n) is 2.09. The van der Waals surface area contributed by atoms with Gasteiger partial charge in [-0.25, -0.2) is 4.79 Å². The summed E-state index contributed by atoms with van der Waals surface area (Å²) in [6.07, 6.45) is 2.74. The highest BCUT2D eigenvalue weighted by molar-refractivity contribution is 6.03. The number of nitrogens with one attached hydrogen (secondary N) is 1. The smallest absolute Gasteiger partial charge is 0.337 e. The number of carbonyl (C=O) groups excluding carboxylic acids is 2. The monoisotopic (exact) mass is 340 g/mol. The van der Waals surface area contributed by atoms with Crippen LogP contribution in [0.1, 0.15) is 21.5 Å². The average molecular weight is 340 g/mol. The molecule has 0 spiro atoms. The number of nitro benzene ring substituents is 1. The van der Waals surface area contributed by atoms with Gasteiger partial charge in [0.05, 0.1) is 17.6 Å². The highest BCUT2D eigenvalue weighted by Crippen LogP contribution is 2.18. The topological polar surface area (TPSA) is 98.5 Å². The predicted molar refractivity (Wildman–Crippen MR) is 93.3 cm³/mol. The Bertz CT molecular complexity index is 858. The minimum Gasteiger partial charge on any atom is -0.465 e. The number of methoxy groups -OCH3 is 1. The molecule has 0 aromatic heterocycles. The van der Waals surface area contributed by atoms with Gasteiger partial charge in [-0.3, -0.25) is 14.9 Å². The average Bonchev–Trinajstić information content (AvgIpc) is 2.61. The second-order valence-electron chi connectivity index (χ2n) is 5.20. The summed E-state index contributed by atoms with van der Waals surface area (Å²) in [5, 5.41) is 13.4. The Labute approximate surface area is 144 Å². The Morgan fingerprint density at radius 1 is 1.20 bits per heavy atom. The van der Waals surface area contributed by atoms with Gasteiger partial charge in [-0.2, -0.15) is 0 Å². The van der Waals surface area contributed by atoms with Gasteiger partial charge in [-0.05, 0) is 36.3 Å². The molecule has 0 saturated carbocycles. The molecule has 0 bridgehead atoms. The van der Waals surface area contributed by atoms with E-state index in [9.17, 15) is 19.7 Å². The Kier molecular flexibility index (Phi) is 5.62. The number of non-ortho nitro benzene ring substituents is 1. The SMILES string of the molecule is COC(=O)c1ccc(C)c(NC(=O)/C=C/c2cccc([N+](=O)[O-])c2)c1. The summed E-state index contributed by atoms with van der Waals surface area (Å²) in [6.45, 7) is 1.79. The molecule has 7 nitrogen and oxygen atoms in total. The maximum Gasteiger partial charge on any atom is 0.337 e. The molecule has 1 N–H and O–H groups in total. The highest BCUT2D eigenvalue weighted by Gasteiger charge is 2.09. The number of nitro groups is 1. The Balaban J connectivity index is 2.13. The van der Waals surface area contributed by atoms with Crippen LogP contribution >= 0.6 is 0 Å². The van der Waals surface area contributed by atoms with Crippen molar-refractivity contribution in [2.75, 3.05) is 12.4 Å². The number of carbonyl (C=O) groups is 2. The summed E-state index contributed by atoms with van der Waals surface area (Å²) in [5.74, 6) is -0.917. The lowest BCUT2D eigenvalue weighted by molar-refractivity contribution is -0.384. The molecular weight excluding hydrogens is 324 g/mol. The van der Waals surface area contributed by atoms with Gasteiger partial charge in [0, 0.05) is 23.9 Å². The van der Waals surface area contributed by atoms with Crippen LogP contribution in [0.2, 0.25) is 0 Å². The molecule has 25 heavy (non-hydrogen) atoms. The molecule has 7 heteroatoms. The molecule has 2 aromatic rings. The van der Waals surface area contributed by atoms with Crippen molar-refractivity contribution in [1.82, 2.24) is 0 Å². The second-order valence-corrected chi connectivity index (χ2v) is 5.20. The van der Waals surface area contributed by atoms with Gasteiger partial charge in [0.2, 0.25) is 5.91 Å². The third-order valence-corrected chi connectivity index (χ3v) is 3.42. The first-order valence-corrected chi connectivity index (χ1v) is 7.33. The van der Waals surface area contributed by atoms with Gasteiger partial charge in [-0.1, -0.05) is 18.2 Å². The van der Waals surface area contributed by atoms with E-state index in [1.54, 1.807) is 31.2 Å². The lowest BCUT2D eigenvalue weighted by Gasteiger charge is -2.08. The fraction of sp³-hybridized carbons (Fsp3) is 0.111. The first kappa shape index (κ1) is 17.9. The van der Waals surface area contributed by atoms with Crippen LogP contribution in [-0.4, -0.2) is 23.9 Å². The van der Waals surface area contributed by atoms with Gasteiger partial charge in [-0.15, -0.1) is 0 Å². The van der Waals surface area contributed by atoms with Gasteiger partial charge in [0.25, 0.3) is 5.69 Å². The van der Waals surface area contributed by atoms with Crippen LogP contribution in [0.25, 0.3) is 6.08 Å². The molecule has 0 saturated heterocycles. The Morgan fingerprint density at radius 3 is 2.64 bits per heavy atom. The van der Waals surface area contributed by atoms with E-state index in [2.05, 4.69) is 10.1 Å². The molecule has 2 aromatic carbocycles. The van der Waals surface area contributed by atoms with E-state index in [0.717, 1.165) is 5.56 Å². The summed E-state index contributed by atoms with van der Waals surface area (Å²) in [6, 6.07) is 10.8. The van der Waals surface area contributed by atoms with Crippen molar-refractivity contribution < 1.29 is 19.2 Å². The second kappa shape index (κ2) is 7.87. The molecule has 0 atom stereocenters. The minimum atomic E-state index is -0.501. The number of benzene rings is 2. The number of anilines is 1. The number of rotatable bonds is 5. The molecule has 0 heterocycles. The number of amides is 1. The number of nitrogens with zero attached hydrogens (tertiary/aromatic N) is 1. The van der Waals surface area contributed by atoms with Gasteiger partial charge < -0.3 is 10.1 Å². The van der Waals surface area contributed by atoms with E-state index >= 15 is 0 Å². The first-order valence-electron chi connectivity index (χ1n) is 7.33. The molecule has 0 radical (unpaired) electrons. The molecule has 0 aliphatic rings. The van der Waals surface area contributed by atoms with Crippen LogP contribution in [0.3, 0.4) is 0 Å². The molecule has 2 rings (SSSR count). The van der Waals surface area contributed by atoms with Crippen LogP contribution in [-0.2, 0) is 9.53 Å². The minimum absolute atomic E-state index is 0.0517. The van der Waals surface area contributed by atoms with E-state index in [4.69, 9.17) is 0 Å². The van der Waals surface area contributed by atoms with E-state index in [-0.39, 0.29) is 5.69 Å². The quantitative estimate of drug-likeness (QED) is 0.389. The van der Waals surface area contributed by atoms with Crippen molar-refractivity contribution in [3.8, 4) is 0 Å². The molecule has 0 unspecified atom stereocenters. The van der Waals surface area contributed by atoms with Crippen LogP contribution in [0, 0.1) is 17.0 Å². The molecule has 128 valence electrons. The van der Waals surface area contributed by atoms with E-state index in [0.29, 0.717) is 16.8 Å². The van der Waals surface area contributed by atoms with Crippen molar-refractivity contribution in [2.24, 2.45) is 0 Å². The molecule has 0 aliphatic heterocycles. The van der Waals surface area contributed by atoms with Crippen LogP contribution in [0.4, 0.5) is 11.4 Å². The Hall–Kier alpha value is -3.48. The zero-order valence-corrected chi connectivity index (χ0v) is 13.7. The van der Waals surface area contributed by atoms with Gasteiger partial charge in [0.1, 0.15) is 0 Å². The zero-order valence-electron chi connectivity index (χ0n) is 13.7. The van der Waals surface area contributed by atoms with Crippen LogP contribution < -0.4 is 5.32 Å². The summed E-state index contributed by atoms with van der Waals surface area (Å²) in [4.78, 5) is 33.9. The van der Waals surface area contributed by atoms with Crippen LogP contribution in [0.15, 0.2) is 48.5 Å². The summed E-state index contributed by atoms with van der Waals surface area (Å²) < 4.78 is 4.65. The van der Waals surface area contributed by atoms with Crippen LogP contribution in [0.5, 0.6) is 0 Å². The number of hydrogen-bond acceptors (Lipinski definition) is 5. The van der Waals surface area contributed by atoms with Crippen molar-refractivity contribution >= 4 is 29.3 Å². The van der Waals surface area contributed by atoms with Gasteiger partial charge in [0.15, 0.2) is 0 Å². The van der Waals surface area contributed by atoms with Gasteiger partial charge >= 0.3 is 5.97 Å².